The number of carboxylic acids is 1. The fourth-order valence-electron chi connectivity index (χ4n) is 0.191. The van der Waals surface area contributed by atoms with Gasteiger partial charge in [-0.3, -0.25) is 14.5 Å². The molecule has 0 aliphatic carbocycles. The SMILES string of the molecule is CN(C)C(C)(C)C(=O)O.COC(C)=O. The summed E-state index contributed by atoms with van der Waals surface area (Å²) < 4.78 is 4.11. The van der Waals surface area contributed by atoms with Crippen LogP contribution in [0.3, 0.4) is 0 Å². The third kappa shape index (κ3) is 6.42. The molecule has 0 heterocycles. The summed E-state index contributed by atoms with van der Waals surface area (Å²) in [4.78, 5) is 21.7. The maximum Gasteiger partial charge on any atom is 0.323 e. The zero-order chi connectivity index (χ0) is 11.9. The Morgan fingerprint density at radius 2 is 1.57 bits per heavy atom. The molecule has 0 aliphatic rings. The van der Waals surface area contributed by atoms with Crippen molar-refractivity contribution in [3.63, 3.8) is 0 Å². The van der Waals surface area contributed by atoms with E-state index < -0.39 is 11.5 Å². The smallest absolute Gasteiger partial charge is 0.323 e. The van der Waals surface area contributed by atoms with Crippen LogP contribution in [0.2, 0.25) is 0 Å². The van der Waals surface area contributed by atoms with Gasteiger partial charge in [0, 0.05) is 6.92 Å². The third-order valence-corrected chi connectivity index (χ3v) is 1.93. The van der Waals surface area contributed by atoms with E-state index >= 15 is 0 Å². The molecule has 5 heteroatoms. The van der Waals surface area contributed by atoms with Crippen LogP contribution in [0.25, 0.3) is 0 Å². The summed E-state index contributed by atoms with van der Waals surface area (Å²) in [6, 6.07) is 0. The lowest BCUT2D eigenvalue weighted by atomic mass is 10.1. The molecule has 0 radical (unpaired) electrons. The van der Waals surface area contributed by atoms with Gasteiger partial charge in [-0.1, -0.05) is 0 Å². The number of esters is 1. The van der Waals surface area contributed by atoms with E-state index in [2.05, 4.69) is 4.74 Å². The number of carboxylic acid groups (broad SMARTS) is 1. The van der Waals surface area contributed by atoms with Crippen LogP contribution >= 0.6 is 0 Å². The summed E-state index contributed by atoms with van der Waals surface area (Å²) in [6.07, 6.45) is 0. The average Bonchev–Trinajstić information content (AvgIpc) is 2.04. The molecule has 0 rings (SSSR count). The Hall–Kier alpha value is -1.10. The molecular formula is C9H19NO4. The third-order valence-electron chi connectivity index (χ3n) is 1.93. The molecule has 0 amide bonds. The van der Waals surface area contributed by atoms with Gasteiger partial charge in [0.2, 0.25) is 0 Å². The van der Waals surface area contributed by atoms with E-state index in [-0.39, 0.29) is 5.97 Å². The zero-order valence-electron chi connectivity index (χ0n) is 9.62. The molecule has 0 fully saturated rings. The summed E-state index contributed by atoms with van der Waals surface area (Å²) >= 11 is 0. The molecule has 14 heavy (non-hydrogen) atoms. The number of methoxy groups -OCH3 is 1. The number of likely N-dealkylation sites (N-methyl/N-ethyl adjacent to an activating group) is 1. The van der Waals surface area contributed by atoms with E-state index in [4.69, 9.17) is 5.11 Å². The summed E-state index contributed by atoms with van der Waals surface area (Å²) in [6.45, 7) is 4.69. The van der Waals surface area contributed by atoms with E-state index in [1.165, 1.54) is 14.0 Å². The van der Waals surface area contributed by atoms with Gasteiger partial charge in [0.25, 0.3) is 0 Å². The normalized spacial score (nSPS) is 10.2. The number of rotatable bonds is 2. The Morgan fingerprint density at radius 3 is 1.57 bits per heavy atom. The van der Waals surface area contributed by atoms with Crippen molar-refractivity contribution in [3.8, 4) is 0 Å². The van der Waals surface area contributed by atoms with Crippen LogP contribution in [0.1, 0.15) is 20.8 Å². The zero-order valence-corrected chi connectivity index (χ0v) is 9.62. The Balaban J connectivity index is 0. The summed E-state index contributed by atoms with van der Waals surface area (Å²) in [5, 5.41) is 8.57. The minimum absolute atomic E-state index is 0.245. The first-order valence-corrected chi connectivity index (χ1v) is 4.11. The molecule has 0 atom stereocenters. The van der Waals surface area contributed by atoms with E-state index in [0.29, 0.717) is 0 Å². The maximum atomic E-state index is 10.4. The summed E-state index contributed by atoms with van der Waals surface area (Å²) in [7, 11) is 4.84. The molecule has 0 unspecified atom stereocenters. The Kier molecular flexibility index (Phi) is 6.99. The van der Waals surface area contributed by atoms with Crippen molar-refractivity contribution in [1.29, 1.82) is 0 Å². The quantitative estimate of drug-likeness (QED) is 0.668. The molecule has 0 bridgehead atoms. The van der Waals surface area contributed by atoms with Crippen molar-refractivity contribution in [2.24, 2.45) is 0 Å². The minimum atomic E-state index is -0.799. The van der Waals surface area contributed by atoms with Crippen molar-refractivity contribution >= 4 is 11.9 Å². The number of carbonyl (C=O) groups excluding carboxylic acids is 1. The first kappa shape index (κ1) is 15.4. The summed E-state index contributed by atoms with van der Waals surface area (Å²) in [5.74, 6) is -1.04. The standard InChI is InChI=1S/C6H13NO2.C3H6O2/c1-6(2,5(8)9)7(3)4;1-3(4)5-2/h1-4H3,(H,8,9);1-2H3. The molecule has 84 valence electrons. The molecule has 0 saturated heterocycles. The highest BCUT2D eigenvalue weighted by atomic mass is 16.5. The average molecular weight is 205 g/mol. The summed E-state index contributed by atoms with van der Waals surface area (Å²) in [5.41, 5.74) is -0.750. The highest BCUT2D eigenvalue weighted by Crippen LogP contribution is 2.08. The predicted molar refractivity (Wildman–Crippen MR) is 53.1 cm³/mol. The van der Waals surface area contributed by atoms with E-state index in [9.17, 15) is 9.59 Å². The molecule has 5 nitrogen and oxygen atoms in total. The first-order valence-electron chi connectivity index (χ1n) is 4.11. The molecule has 1 N–H and O–H groups in total. The van der Waals surface area contributed by atoms with Crippen LogP contribution in [-0.2, 0) is 14.3 Å². The Morgan fingerprint density at radius 1 is 1.29 bits per heavy atom. The fraction of sp³-hybridized carbons (Fsp3) is 0.778. The molecule has 0 spiro atoms. The fourth-order valence-corrected chi connectivity index (χ4v) is 0.191. The van der Waals surface area contributed by atoms with Gasteiger partial charge in [0.1, 0.15) is 5.54 Å². The van der Waals surface area contributed by atoms with Crippen LogP contribution in [0, 0.1) is 0 Å². The van der Waals surface area contributed by atoms with E-state index in [1.54, 1.807) is 32.8 Å². The lowest BCUT2D eigenvalue weighted by Gasteiger charge is -2.27. The molecule has 0 saturated carbocycles. The number of hydrogen-bond donors (Lipinski definition) is 1. The van der Waals surface area contributed by atoms with Crippen molar-refractivity contribution in [3.05, 3.63) is 0 Å². The second-order valence-electron chi connectivity index (χ2n) is 3.45. The van der Waals surface area contributed by atoms with Gasteiger partial charge in [-0.25, -0.2) is 0 Å². The highest BCUT2D eigenvalue weighted by Gasteiger charge is 2.28. The number of ether oxygens (including phenoxy) is 1. The van der Waals surface area contributed by atoms with E-state index in [0.717, 1.165) is 0 Å². The van der Waals surface area contributed by atoms with Crippen LogP contribution in [0.4, 0.5) is 0 Å². The van der Waals surface area contributed by atoms with Crippen LogP contribution in [-0.4, -0.2) is 48.7 Å². The Labute approximate surface area is 84.7 Å². The molecule has 0 aromatic rings. The van der Waals surface area contributed by atoms with E-state index in [1.807, 2.05) is 0 Å². The minimum Gasteiger partial charge on any atom is -0.480 e. The largest absolute Gasteiger partial charge is 0.480 e. The first-order chi connectivity index (χ1) is 6.16. The monoisotopic (exact) mass is 205 g/mol. The predicted octanol–water partition coefficient (Wildman–Crippen LogP) is 0.591. The van der Waals surface area contributed by atoms with Gasteiger partial charge in [0.15, 0.2) is 0 Å². The molecule has 0 aromatic heterocycles. The maximum absolute atomic E-state index is 10.4. The van der Waals surface area contributed by atoms with Crippen LogP contribution in [0.15, 0.2) is 0 Å². The number of aliphatic carboxylic acids is 1. The molecule has 0 aliphatic heterocycles. The topological polar surface area (TPSA) is 66.8 Å². The number of carbonyl (C=O) groups is 2. The van der Waals surface area contributed by atoms with Gasteiger partial charge >= 0.3 is 11.9 Å². The molecular weight excluding hydrogens is 186 g/mol. The van der Waals surface area contributed by atoms with Gasteiger partial charge < -0.3 is 9.84 Å². The second-order valence-corrected chi connectivity index (χ2v) is 3.45. The van der Waals surface area contributed by atoms with Crippen molar-refractivity contribution in [2.45, 2.75) is 26.3 Å². The van der Waals surface area contributed by atoms with Crippen molar-refractivity contribution in [2.75, 3.05) is 21.2 Å². The van der Waals surface area contributed by atoms with Gasteiger partial charge in [0.05, 0.1) is 7.11 Å². The second kappa shape index (κ2) is 6.37. The van der Waals surface area contributed by atoms with Gasteiger partial charge in [-0.15, -0.1) is 0 Å². The highest BCUT2D eigenvalue weighted by molar-refractivity contribution is 5.77. The van der Waals surface area contributed by atoms with Gasteiger partial charge in [-0.2, -0.15) is 0 Å². The number of nitrogens with zero attached hydrogens (tertiary/aromatic N) is 1. The number of hydrogen-bond acceptors (Lipinski definition) is 4. The lowest BCUT2D eigenvalue weighted by molar-refractivity contribution is -0.147. The van der Waals surface area contributed by atoms with Gasteiger partial charge in [-0.05, 0) is 27.9 Å². The molecule has 0 aromatic carbocycles. The van der Waals surface area contributed by atoms with Crippen LogP contribution < -0.4 is 0 Å². The van der Waals surface area contributed by atoms with Crippen LogP contribution in [0.5, 0.6) is 0 Å². The van der Waals surface area contributed by atoms with Crippen molar-refractivity contribution < 1.29 is 19.4 Å². The van der Waals surface area contributed by atoms with Crippen molar-refractivity contribution in [1.82, 2.24) is 4.90 Å². The Bertz CT molecular complexity index is 199. The lowest BCUT2D eigenvalue weighted by Crippen LogP contribution is -2.45.